The fourth-order valence-electron chi connectivity index (χ4n) is 2.95. The van der Waals surface area contributed by atoms with Crippen LogP contribution < -0.4 is 5.32 Å². The normalized spacial score (nSPS) is 16.7. The molecule has 1 N–H and O–H groups in total. The molecule has 0 unspecified atom stereocenters. The largest absolute Gasteiger partial charge is 0.351 e. The fourth-order valence-corrected chi connectivity index (χ4v) is 2.95. The van der Waals surface area contributed by atoms with Gasteiger partial charge in [0.25, 0.3) is 0 Å². The molecule has 1 fully saturated rings. The fraction of sp³-hybridized carbons (Fsp3) is 0.444. The van der Waals surface area contributed by atoms with Crippen LogP contribution in [-0.2, 0) is 0 Å². The summed E-state index contributed by atoms with van der Waals surface area (Å²) in [5.74, 6) is 0.410. The molecular formula is C18H23FN4. The van der Waals surface area contributed by atoms with Crippen molar-refractivity contribution in [2.24, 2.45) is 0 Å². The van der Waals surface area contributed by atoms with Crippen molar-refractivity contribution in [2.75, 3.05) is 18.4 Å². The predicted molar refractivity (Wildman–Crippen MR) is 90.8 cm³/mol. The first-order chi connectivity index (χ1) is 11.1. The van der Waals surface area contributed by atoms with Crippen LogP contribution in [-0.4, -0.2) is 40.0 Å². The van der Waals surface area contributed by atoms with Crippen molar-refractivity contribution in [2.45, 2.75) is 38.8 Å². The lowest BCUT2D eigenvalue weighted by Crippen LogP contribution is -2.42. The van der Waals surface area contributed by atoms with Crippen LogP contribution >= 0.6 is 0 Å². The van der Waals surface area contributed by atoms with Crippen LogP contribution in [0, 0.1) is 5.82 Å². The van der Waals surface area contributed by atoms with Gasteiger partial charge >= 0.3 is 0 Å². The van der Waals surface area contributed by atoms with Gasteiger partial charge in [0, 0.05) is 36.9 Å². The minimum absolute atomic E-state index is 0.238. The number of benzene rings is 1. The lowest BCUT2D eigenvalue weighted by atomic mass is 10.0. The van der Waals surface area contributed by atoms with Crippen molar-refractivity contribution in [1.82, 2.24) is 14.9 Å². The van der Waals surface area contributed by atoms with E-state index in [2.05, 4.69) is 34.0 Å². The molecule has 0 bridgehead atoms. The van der Waals surface area contributed by atoms with Crippen LogP contribution in [0.2, 0.25) is 0 Å². The molecule has 3 rings (SSSR count). The summed E-state index contributed by atoms with van der Waals surface area (Å²) in [5, 5.41) is 3.44. The maximum absolute atomic E-state index is 13.0. The van der Waals surface area contributed by atoms with E-state index >= 15 is 0 Å². The van der Waals surface area contributed by atoms with Crippen molar-refractivity contribution in [3.8, 4) is 11.3 Å². The van der Waals surface area contributed by atoms with Crippen molar-refractivity contribution >= 4 is 5.95 Å². The molecule has 0 saturated carbocycles. The molecule has 1 aliphatic heterocycles. The van der Waals surface area contributed by atoms with Crippen LogP contribution in [0.5, 0.6) is 0 Å². The van der Waals surface area contributed by atoms with Crippen molar-refractivity contribution in [3.05, 3.63) is 42.3 Å². The maximum atomic E-state index is 13.0. The van der Waals surface area contributed by atoms with E-state index in [1.54, 1.807) is 18.3 Å². The Balaban J connectivity index is 1.65. The molecule has 1 aromatic heterocycles. The first-order valence-electron chi connectivity index (χ1n) is 8.21. The highest BCUT2D eigenvalue weighted by Gasteiger charge is 2.21. The highest BCUT2D eigenvalue weighted by Crippen LogP contribution is 2.20. The SMILES string of the molecule is CC(C)N1CCC(Nc2nccc(-c3ccc(F)cc3)n2)CC1. The van der Waals surface area contributed by atoms with Crippen LogP contribution in [0.15, 0.2) is 36.5 Å². The van der Waals surface area contributed by atoms with Gasteiger partial charge in [-0.05, 0) is 57.0 Å². The Morgan fingerprint density at radius 3 is 2.48 bits per heavy atom. The number of piperidine rings is 1. The Hall–Kier alpha value is -2.01. The summed E-state index contributed by atoms with van der Waals surface area (Å²) in [4.78, 5) is 11.4. The highest BCUT2D eigenvalue weighted by atomic mass is 19.1. The van der Waals surface area contributed by atoms with Crippen LogP contribution in [0.1, 0.15) is 26.7 Å². The number of likely N-dealkylation sites (tertiary alicyclic amines) is 1. The molecule has 5 heteroatoms. The Morgan fingerprint density at radius 1 is 1.13 bits per heavy atom. The molecule has 1 aromatic carbocycles. The van der Waals surface area contributed by atoms with E-state index in [1.165, 1.54) is 12.1 Å². The average molecular weight is 314 g/mol. The van der Waals surface area contributed by atoms with Crippen molar-refractivity contribution < 1.29 is 4.39 Å². The number of aromatic nitrogens is 2. The number of nitrogens with zero attached hydrogens (tertiary/aromatic N) is 3. The van der Waals surface area contributed by atoms with E-state index in [-0.39, 0.29) is 5.82 Å². The molecule has 2 aromatic rings. The van der Waals surface area contributed by atoms with E-state index < -0.39 is 0 Å². The maximum Gasteiger partial charge on any atom is 0.223 e. The molecule has 23 heavy (non-hydrogen) atoms. The quantitative estimate of drug-likeness (QED) is 0.937. The summed E-state index contributed by atoms with van der Waals surface area (Å²) in [6.45, 7) is 6.69. The molecule has 122 valence electrons. The van der Waals surface area contributed by atoms with Gasteiger partial charge in [-0.25, -0.2) is 14.4 Å². The van der Waals surface area contributed by atoms with E-state index in [0.29, 0.717) is 18.0 Å². The number of nitrogens with one attached hydrogen (secondary N) is 1. The third-order valence-electron chi connectivity index (χ3n) is 4.39. The van der Waals surface area contributed by atoms with Gasteiger partial charge in [0.05, 0.1) is 5.69 Å². The topological polar surface area (TPSA) is 41.0 Å². The van der Waals surface area contributed by atoms with Gasteiger partial charge in [0.2, 0.25) is 5.95 Å². The van der Waals surface area contributed by atoms with Gasteiger partial charge in [0.1, 0.15) is 5.82 Å². The van der Waals surface area contributed by atoms with Gasteiger partial charge in [-0.15, -0.1) is 0 Å². The lowest BCUT2D eigenvalue weighted by molar-refractivity contribution is 0.177. The molecule has 4 nitrogen and oxygen atoms in total. The van der Waals surface area contributed by atoms with Crippen molar-refractivity contribution in [3.63, 3.8) is 0 Å². The molecule has 0 aliphatic carbocycles. The molecule has 1 aliphatic rings. The molecule has 1 saturated heterocycles. The second-order valence-corrected chi connectivity index (χ2v) is 6.32. The first kappa shape index (κ1) is 15.9. The summed E-state index contributed by atoms with van der Waals surface area (Å²) < 4.78 is 13.0. The molecule has 0 atom stereocenters. The van der Waals surface area contributed by atoms with Gasteiger partial charge in [0.15, 0.2) is 0 Å². The summed E-state index contributed by atoms with van der Waals surface area (Å²) >= 11 is 0. The minimum Gasteiger partial charge on any atom is -0.351 e. The second kappa shape index (κ2) is 7.04. The van der Waals surface area contributed by atoms with E-state index in [0.717, 1.165) is 37.2 Å². The van der Waals surface area contributed by atoms with E-state index in [9.17, 15) is 4.39 Å². The number of hydrogen-bond acceptors (Lipinski definition) is 4. The molecule has 2 heterocycles. The smallest absolute Gasteiger partial charge is 0.223 e. The summed E-state index contributed by atoms with van der Waals surface area (Å²) in [7, 11) is 0. The summed E-state index contributed by atoms with van der Waals surface area (Å²) in [6.07, 6.45) is 3.95. The zero-order valence-electron chi connectivity index (χ0n) is 13.7. The second-order valence-electron chi connectivity index (χ2n) is 6.32. The Labute approximate surface area is 136 Å². The van der Waals surface area contributed by atoms with Gasteiger partial charge in [-0.1, -0.05) is 0 Å². The number of rotatable bonds is 4. The highest BCUT2D eigenvalue weighted by molar-refractivity contribution is 5.59. The first-order valence-corrected chi connectivity index (χ1v) is 8.21. The number of anilines is 1. The zero-order chi connectivity index (χ0) is 16.2. The molecular weight excluding hydrogens is 291 g/mol. The Bertz CT molecular complexity index is 634. The lowest BCUT2D eigenvalue weighted by Gasteiger charge is -2.34. The van der Waals surface area contributed by atoms with E-state index in [4.69, 9.17) is 0 Å². The molecule has 0 spiro atoms. The summed E-state index contributed by atoms with van der Waals surface area (Å²) in [6, 6.07) is 9.24. The zero-order valence-corrected chi connectivity index (χ0v) is 13.7. The Morgan fingerprint density at radius 2 is 1.83 bits per heavy atom. The van der Waals surface area contributed by atoms with Gasteiger partial charge in [-0.3, -0.25) is 0 Å². The minimum atomic E-state index is -0.238. The van der Waals surface area contributed by atoms with Crippen molar-refractivity contribution in [1.29, 1.82) is 0 Å². The van der Waals surface area contributed by atoms with E-state index in [1.807, 2.05) is 6.07 Å². The third kappa shape index (κ3) is 4.05. The van der Waals surface area contributed by atoms with Crippen LogP contribution in [0.4, 0.5) is 10.3 Å². The monoisotopic (exact) mass is 314 g/mol. The Kier molecular flexibility index (Phi) is 4.86. The van der Waals surface area contributed by atoms with Crippen LogP contribution in [0.3, 0.4) is 0 Å². The number of halogens is 1. The van der Waals surface area contributed by atoms with Gasteiger partial charge in [-0.2, -0.15) is 0 Å². The van der Waals surface area contributed by atoms with Crippen LogP contribution in [0.25, 0.3) is 11.3 Å². The molecule has 0 amide bonds. The number of hydrogen-bond donors (Lipinski definition) is 1. The summed E-state index contributed by atoms with van der Waals surface area (Å²) in [5.41, 5.74) is 1.70. The molecule has 0 radical (unpaired) electrons. The third-order valence-corrected chi connectivity index (χ3v) is 4.39. The van der Waals surface area contributed by atoms with Gasteiger partial charge < -0.3 is 10.2 Å². The standard InChI is InChI=1S/C18H23FN4/c1-13(2)23-11-8-16(9-12-23)21-18-20-10-7-17(22-18)14-3-5-15(19)6-4-14/h3-7,10,13,16H,8-9,11-12H2,1-2H3,(H,20,21,22). The predicted octanol–water partition coefficient (Wildman–Crippen LogP) is 3.57. The average Bonchev–Trinajstić information content (AvgIpc) is 2.56.